The summed E-state index contributed by atoms with van der Waals surface area (Å²) in [5.74, 6) is 0. The quantitative estimate of drug-likeness (QED) is 0.644. The van der Waals surface area contributed by atoms with Gasteiger partial charge in [-0.3, -0.25) is 0 Å². The molecule has 2 fully saturated rings. The fourth-order valence-corrected chi connectivity index (χ4v) is 4.10. The van der Waals surface area contributed by atoms with Crippen LogP contribution >= 0.6 is 0 Å². The highest BCUT2D eigenvalue weighted by molar-refractivity contribution is 5.69. The fourth-order valence-electron chi connectivity index (χ4n) is 4.10. The van der Waals surface area contributed by atoms with Crippen LogP contribution in [0, 0.1) is 6.57 Å². The Morgan fingerprint density at radius 2 is 1.95 bits per heavy atom. The van der Waals surface area contributed by atoms with Gasteiger partial charge >= 0.3 is 0 Å². The molecule has 0 amide bonds. The van der Waals surface area contributed by atoms with Crippen molar-refractivity contribution >= 4 is 11.4 Å². The number of anilines is 2. The van der Waals surface area contributed by atoms with E-state index in [1.807, 2.05) is 0 Å². The van der Waals surface area contributed by atoms with Crippen LogP contribution in [-0.2, 0) is 5.54 Å². The lowest BCUT2D eigenvalue weighted by Gasteiger charge is -2.37. The Labute approximate surface area is 134 Å². The summed E-state index contributed by atoms with van der Waals surface area (Å²) >= 11 is 0. The zero-order valence-corrected chi connectivity index (χ0v) is 13.6. The first kappa shape index (κ1) is 15.2. The monoisotopic (exact) mass is 297 g/mol. The van der Waals surface area contributed by atoms with Crippen molar-refractivity contribution in [2.45, 2.75) is 69.9 Å². The van der Waals surface area contributed by atoms with Crippen LogP contribution in [0.5, 0.6) is 0 Å². The largest absolute Gasteiger partial charge is 0.397 e. The molecule has 0 aromatic heterocycles. The molecule has 0 spiro atoms. The van der Waals surface area contributed by atoms with Gasteiger partial charge in [-0.15, -0.1) is 0 Å². The number of nitrogens with zero attached hydrogens (tertiary/aromatic N) is 2. The highest BCUT2D eigenvalue weighted by Gasteiger charge is 2.45. The minimum atomic E-state index is -0.283. The number of benzene rings is 1. The second kappa shape index (κ2) is 6.20. The lowest BCUT2D eigenvalue weighted by molar-refractivity contribution is 0.310. The molecule has 3 heteroatoms. The minimum absolute atomic E-state index is 0.283. The SMILES string of the molecule is [C-]#[N+]C1(c2ccc(N(CC)C3CCCCC3)c(N)c2)CCC1. The molecular formula is C19H27N3. The molecule has 2 aliphatic rings. The second-order valence-electron chi connectivity index (χ2n) is 6.85. The van der Waals surface area contributed by atoms with E-state index in [4.69, 9.17) is 12.3 Å². The topological polar surface area (TPSA) is 33.6 Å². The van der Waals surface area contributed by atoms with E-state index in [2.05, 4.69) is 34.9 Å². The zero-order valence-electron chi connectivity index (χ0n) is 13.6. The predicted octanol–water partition coefficient (Wildman–Crippen LogP) is 4.73. The van der Waals surface area contributed by atoms with Gasteiger partial charge in [0.25, 0.3) is 5.54 Å². The summed E-state index contributed by atoms with van der Waals surface area (Å²) in [6.07, 6.45) is 9.72. The molecule has 0 aliphatic heterocycles. The molecule has 0 unspecified atom stereocenters. The number of nitrogen functional groups attached to an aromatic ring is 1. The molecule has 0 heterocycles. The van der Waals surface area contributed by atoms with Crippen LogP contribution in [0.2, 0.25) is 0 Å². The molecule has 2 aliphatic carbocycles. The fraction of sp³-hybridized carbons (Fsp3) is 0.632. The Kier molecular flexibility index (Phi) is 4.29. The van der Waals surface area contributed by atoms with Gasteiger partial charge in [-0.2, -0.15) is 0 Å². The Hall–Kier alpha value is -1.69. The van der Waals surface area contributed by atoms with Gasteiger partial charge in [0, 0.05) is 31.0 Å². The van der Waals surface area contributed by atoms with Gasteiger partial charge in [-0.05, 0) is 44.4 Å². The minimum Gasteiger partial charge on any atom is -0.397 e. The van der Waals surface area contributed by atoms with Crippen LogP contribution in [0.3, 0.4) is 0 Å². The lowest BCUT2D eigenvalue weighted by Crippen LogP contribution is -2.37. The second-order valence-corrected chi connectivity index (χ2v) is 6.85. The van der Waals surface area contributed by atoms with E-state index in [1.54, 1.807) is 0 Å². The lowest BCUT2D eigenvalue weighted by atomic mass is 9.72. The third-order valence-corrected chi connectivity index (χ3v) is 5.63. The molecule has 2 saturated carbocycles. The molecule has 2 N–H and O–H groups in total. The van der Waals surface area contributed by atoms with Crippen molar-refractivity contribution in [3.05, 3.63) is 35.2 Å². The molecule has 0 radical (unpaired) electrons. The summed E-state index contributed by atoms with van der Waals surface area (Å²) in [4.78, 5) is 6.38. The van der Waals surface area contributed by atoms with Gasteiger partial charge < -0.3 is 15.5 Å². The van der Waals surface area contributed by atoms with Gasteiger partial charge in [0.05, 0.1) is 11.4 Å². The van der Waals surface area contributed by atoms with Crippen LogP contribution in [0.1, 0.15) is 63.9 Å². The molecule has 3 nitrogen and oxygen atoms in total. The number of rotatable bonds is 4. The van der Waals surface area contributed by atoms with Crippen molar-refractivity contribution in [1.82, 2.24) is 0 Å². The molecular weight excluding hydrogens is 270 g/mol. The van der Waals surface area contributed by atoms with Gasteiger partial charge in [0.1, 0.15) is 0 Å². The molecule has 22 heavy (non-hydrogen) atoms. The van der Waals surface area contributed by atoms with Crippen LogP contribution in [-0.4, -0.2) is 12.6 Å². The normalized spacial score (nSPS) is 20.9. The van der Waals surface area contributed by atoms with E-state index in [-0.39, 0.29) is 5.54 Å². The maximum atomic E-state index is 7.52. The molecule has 1 aromatic rings. The average molecular weight is 297 g/mol. The van der Waals surface area contributed by atoms with Crippen molar-refractivity contribution in [1.29, 1.82) is 0 Å². The highest BCUT2D eigenvalue weighted by atomic mass is 15.2. The summed E-state index contributed by atoms with van der Waals surface area (Å²) in [7, 11) is 0. The van der Waals surface area contributed by atoms with E-state index in [0.717, 1.165) is 42.7 Å². The van der Waals surface area contributed by atoms with Gasteiger partial charge in [-0.25, -0.2) is 6.57 Å². The summed E-state index contributed by atoms with van der Waals surface area (Å²) in [5, 5.41) is 0. The van der Waals surface area contributed by atoms with Crippen LogP contribution in [0.25, 0.3) is 4.85 Å². The Morgan fingerprint density at radius 3 is 2.45 bits per heavy atom. The van der Waals surface area contributed by atoms with E-state index >= 15 is 0 Å². The van der Waals surface area contributed by atoms with Crippen molar-refractivity contribution in [3.63, 3.8) is 0 Å². The van der Waals surface area contributed by atoms with Gasteiger partial charge in [0.2, 0.25) is 0 Å². The molecule has 0 atom stereocenters. The van der Waals surface area contributed by atoms with E-state index in [1.165, 1.54) is 32.1 Å². The van der Waals surface area contributed by atoms with E-state index in [0.29, 0.717) is 6.04 Å². The molecule has 0 bridgehead atoms. The average Bonchev–Trinajstić information content (AvgIpc) is 2.50. The van der Waals surface area contributed by atoms with E-state index in [9.17, 15) is 0 Å². The first-order valence-corrected chi connectivity index (χ1v) is 8.75. The number of hydrogen-bond acceptors (Lipinski definition) is 2. The van der Waals surface area contributed by atoms with Crippen molar-refractivity contribution in [2.24, 2.45) is 0 Å². The summed E-state index contributed by atoms with van der Waals surface area (Å²) in [6.45, 7) is 10.7. The molecule has 0 saturated heterocycles. The number of hydrogen-bond donors (Lipinski definition) is 1. The smallest absolute Gasteiger partial charge is 0.257 e. The van der Waals surface area contributed by atoms with Gasteiger partial charge in [-0.1, -0.05) is 19.3 Å². The Bertz CT molecular complexity index is 563. The van der Waals surface area contributed by atoms with Crippen LogP contribution in [0.15, 0.2) is 18.2 Å². The number of nitrogens with two attached hydrogens (primary N) is 1. The van der Waals surface area contributed by atoms with Gasteiger partial charge in [0.15, 0.2) is 0 Å². The third-order valence-electron chi connectivity index (χ3n) is 5.63. The maximum absolute atomic E-state index is 7.52. The molecule has 118 valence electrons. The Morgan fingerprint density at radius 1 is 1.23 bits per heavy atom. The van der Waals surface area contributed by atoms with Crippen LogP contribution < -0.4 is 10.6 Å². The summed E-state index contributed by atoms with van der Waals surface area (Å²) in [5.41, 5.74) is 9.24. The molecule has 1 aromatic carbocycles. The molecule has 3 rings (SSSR count). The van der Waals surface area contributed by atoms with Crippen molar-refractivity contribution < 1.29 is 0 Å². The Balaban J connectivity index is 1.86. The van der Waals surface area contributed by atoms with Crippen LogP contribution in [0.4, 0.5) is 11.4 Å². The maximum Gasteiger partial charge on any atom is 0.257 e. The standard InChI is InChI=1S/C19H27N3/c1-3-22(16-8-5-4-6-9-16)18-11-10-15(14-17(18)20)19(21-2)12-7-13-19/h10-11,14,16H,3-9,12-13,20H2,1H3. The summed E-state index contributed by atoms with van der Waals surface area (Å²) in [6, 6.07) is 7.01. The third kappa shape index (κ3) is 2.56. The predicted molar refractivity (Wildman–Crippen MR) is 92.9 cm³/mol. The first-order chi connectivity index (χ1) is 10.7. The first-order valence-electron chi connectivity index (χ1n) is 8.75. The highest BCUT2D eigenvalue weighted by Crippen LogP contribution is 2.46. The van der Waals surface area contributed by atoms with Crippen molar-refractivity contribution in [3.8, 4) is 0 Å². The van der Waals surface area contributed by atoms with Crippen molar-refractivity contribution in [2.75, 3.05) is 17.2 Å². The van der Waals surface area contributed by atoms with E-state index < -0.39 is 0 Å². The summed E-state index contributed by atoms with van der Waals surface area (Å²) < 4.78 is 0. The zero-order chi connectivity index (χ0) is 15.6.